The van der Waals surface area contributed by atoms with Gasteiger partial charge in [0, 0.05) is 23.4 Å². The van der Waals surface area contributed by atoms with Crippen LogP contribution in [-0.2, 0) is 4.79 Å². The van der Waals surface area contributed by atoms with E-state index in [1.165, 1.54) is 4.88 Å². The number of thiophene rings is 1. The quantitative estimate of drug-likeness (QED) is 0.698. The Morgan fingerprint density at radius 2 is 1.92 bits per heavy atom. The van der Waals surface area contributed by atoms with E-state index in [9.17, 15) is 9.59 Å². The lowest BCUT2D eigenvalue weighted by atomic mass is 10.1. The second-order valence-electron chi connectivity index (χ2n) is 5.89. The van der Waals surface area contributed by atoms with Gasteiger partial charge in [0.25, 0.3) is 5.91 Å². The molecule has 25 heavy (non-hydrogen) atoms. The van der Waals surface area contributed by atoms with Gasteiger partial charge >= 0.3 is 0 Å². The highest BCUT2D eigenvalue weighted by molar-refractivity contribution is 7.10. The van der Waals surface area contributed by atoms with Gasteiger partial charge < -0.3 is 15.0 Å². The third-order valence-electron chi connectivity index (χ3n) is 3.85. The van der Waals surface area contributed by atoms with Crippen LogP contribution in [0.3, 0.4) is 0 Å². The van der Waals surface area contributed by atoms with Crippen LogP contribution in [0.25, 0.3) is 0 Å². The zero-order valence-electron chi connectivity index (χ0n) is 14.8. The van der Waals surface area contributed by atoms with Crippen molar-refractivity contribution in [2.75, 3.05) is 27.2 Å². The van der Waals surface area contributed by atoms with Gasteiger partial charge in [0.05, 0.1) is 6.04 Å². The summed E-state index contributed by atoms with van der Waals surface area (Å²) in [5, 5.41) is 4.94. The van der Waals surface area contributed by atoms with Gasteiger partial charge in [-0.05, 0) is 49.8 Å². The normalized spacial score (nSPS) is 12.0. The molecule has 2 rings (SSSR count). The molecule has 1 atom stereocenters. The number of Topliss-reactive ketones (excluding diaryl/α,β-unsaturated/α-hetero) is 1. The molecule has 0 aliphatic rings. The van der Waals surface area contributed by atoms with Crippen molar-refractivity contribution in [2.24, 2.45) is 0 Å². The molecular formula is C19H24N2O3S. The SMILES string of the molecule is CCC(=O)c1ccc(OCC(=O)NC[C@@H](c2cccs2)N(C)C)cc1. The van der Waals surface area contributed by atoms with Crippen LogP contribution < -0.4 is 10.1 Å². The molecule has 1 heterocycles. The Morgan fingerprint density at radius 3 is 2.48 bits per heavy atom. The Kier molecular flexibility index (Phi) is 7.16. The molecule has 1 N–H and O–H groups in total. The second-order valence-corrected chi connectivity index (χ2v) is 6.87. The first-order valence-electron chi connectivity index (χ1n) is 8.23. The molecule has 0 saturated heterocycles. The van der Waals surface area contributed by atoms with Crippen molar-refractivity contribution in [1.29, 1.82) is 0 Å². The fraction of sp³-hybridized carbons (Fsp3) is 0.368. The number of nitrogens with one attached hydrogen (secondary N) is 1. The molecule has 0 aliphatic heterocycles. The molecule has 0 aliphatic carbocycles. The summed E-state index contributed by atoms with van der Waals surface area (Å²) in [6, 6.07) is 11.1. The van der Waals surface area contributed by atoms with Gasteiger partial charge in [0.1, 0.15) is 5.75 Å². The Bertz CT molecular complexity index is 681. The zero-order valence-corrected chi connectivity index (χ0v) is 15.6. The summed E-state index contributed by atoms with van der Waals surface area (Å²) in [7, 11) is 3.98. The summed E-state index contributed by atoms with van der Waals surface area (Å²) in [5.74, 6) is 0.495. The van der Waals surface area contributed by atoms with E-state index in [1.54, 1.807) is 35.6 Å². The number of carbonyl (C=O) groups is 2. The molecule has 1 aromatic heterocycles. The minimum Gasteiger partial charge on any atom is -0.484 e. The van der Waals surface area contributed by atoms with Crippen molar-refractivity contribution in [3.8, 4) is 5.75 Å². The van der Waals surface area contributed by atoms with E-state index in [2.05, 4.69) is 16.3 Å². The van der Waals surface area contributed by atoms with Crippen LogP contribution in [0.4, 0.5) is 0 Å². The molecule has 0 radical (unpaired) electrons. The maximum Gasteiger partial charge on any atom is 0.258 e. The fourth-order valence-corrected chi connectivity index (χ4v) is 3.29. The second kappa shape index (κ2) is 9.34. The Balaban J connectivity index is 1.81. The molecule has 0 unspecified atom stereocenters. The van der Waals surface area contributed by atoms with E-state index < -0.39 is 0 Å². The minimum atomic E-state index is -0.169. The third kappa shape index (κ3) is 5.69. The van der Waals surface area contributed by atoms with Crippen LogP contribution in [-0.4, -0.2) is 43.8 Å². The number of likely N-dealkylation sites (N-methyl/N-ethyl adjacent to an activating group) is 1. The predicted molar refractivity (Wildman–Crippen MR) is 100 cm³/mol. The number of ketones is 1. The van der Waals surface area contributed by atoms with Crippen molar-refractivity contribution in [3.05, 3.63) is 52.2 Å². The smallest absolute Gasteiger partial charge is 0.258 e. The van der Waals surface area contributed by atoms with E-state index in [4.69, 9.17) is 4.74 Å². The summed E-state index contributed by atoms with van der Waals surface area (Å²) in [6.45, 7) is 2.31. The average Bonchev–Trinajstić information content (AvgIpc) is 3.14. The molecule has 2 aromatic rings. The standard InChI is InChI=1S/C19H24N2O3S/c1-4-17(22)14-7-9-15(10-8-14)24-13-19(23)20-12-16(21(2)3)18-6-5-11-25-18/h5-11,16H,4,12-13H2,1-3H3,(H,20,23)/t16-/m0/s1. The maximum atomic E-state index is 12.0. The lowest BCUT2D eigenvalue weighted by Crippen LogP contribution is -2.36. The lowest BCUT2D eigenvalue weighted by Gasteiger charge is -2.23. The number of rotatable bonds is 9. The number of carbonyl (C=O) groups excluding carboxylic acids is 2. The summed E-state index contributed by atoms with van der Waals surface area (Å²) in [4.78, 5) is 26.9. The lowest BCUT2D eigenvalue weighted by molar-refractivity contribution is -0.123. The van der Waals surface area contributed by atoms with Gasteiger partial charge in [-0.25, -0.2) is 0 Å². The number of ether oxygens (including phenoxy) is 1. The molecule has 134 valence electrons. The molecule has 5 nitrogen and oxygen atoms in total. The van der Waals surface area contributed by atoms with Crippen molar-refractivity contribution >= 4 is 23.0 Å². The Morgan fingerprint density at radius 1 is 1.20 bits per heavy atom. The topological polar surface area (TPSA) is 58.6 Å². The van der Waals surface area contributed by atoms with Gasteiger partial charge in [0.15, 0.2) is 12.4 Å². The van der Waals surface area contributed by atoms with Gasteiger partial charge in [-0.2, -0.15) is 0 Å². The van der Waals surface area contributed by atoms with E-state index in [0.29, 0.717) is 24.3 Å². The number of benzene rings is 1. The molecule has 6 heteroatoms. The van der Waals surface area contributed by atoms with Crippen LogP contribution in [0.5, 0.6) is 5.75 Å². The van der Waals surface area contributed by atoms with Crippen molar-refractivity contribution in [3.63, 3.8) is 0 Å². The zero-order chi connectivity index (χ0) is 18.2. The first-order valence-corrected chi connectivity index (χ1v) is 9.11. The summed E-state index contributed by atoms with van der Waals surface area (Å²) in [6.07, 6.45) is 0.472. The summed E-state index contributed by atoms with van der Waals surface area (Å²) >= 11 is 1.67. The number of amides is 1. The summed E-state index contributed by atoms with van der Waals surface area (Å²) < 4.78 is 5.49. The molecule has 0 saturated carbocycles. The fourth-order valence-electron chi connectivity index (χ4n) is 2.37. The highest BCUT2D eigenvalue weighted by Gasteiger charge is 2.16. The van der Waals surface area contributed by atoms with E-state index in [0.717, 1.165) is 0 Å². The van der Waals surface area contributed by atoms with E-state index in [-0.39, 0.29) is 24.3 Å². The van der Waals surface area contributed by atoms with Crippen molar-refractivity contribution in [2.45, 2.75) is 19.4 Å². The molecule has 0 fully saturated rings. The van der Waals surface area contributed by atoms with Crippen LogP contribution >= 0.6 is 11.3 Å². The van der Waals surface area contributed by atoms with Crippen LogP contribution in [0, 0.1) is 0 Å². The molecule has 1 aromatic carbocycles. The Hall–Kier alpha value is -2.18. The van der Waals surface area contributed by atoms with Gasteiger partial charge in [-0.1, -0.05) is 13.0 Å². The number of nitrogens with zero attached hydrogens (tertiary/aromatic N) is 1. The third-order valence-corrected chi connectivity index (χ3v) is 4.83. The predicted octanol–water partition coefficient (Wildman–Crippen LogP) is 3.14. The van der Waals surface area contributed by atoms with E-state index in [1.807, 2.05) is 32.5 Å². The first-order chi connectivity index (χ1) is 12.0. The number of hydrogen-bond acceptors (Lipinski definition) is 5. The van der Waals surface area contributed by atoms with Gasteiger partial charge in [0.2, 0.25) is 0 Å². The summed E-state index contributed by atoms with van der Waals surface area (Å²) in [5.41, 5.74) is 0.657. The highest BCUT2D eigenvalue weighted by Crippen LogP contribution is 2.22. The van der Waals surface area contributed by atoms with Crippen LogP contribution in [0.2, 0.25) is 0 Å². The first kappa shape index (κ1) is 19.1. The number of hydrogen-bond donors (Lipinski definition) is 1. The maximum absolute atomic E-state index is 12.0. The van der Waals surface area contributed by atoms with Crippen LogP contribution in [0.15, 0.2) is 41.8 Å². The minimum absolute atomic E-state index is 0.0499. The monoisotopic (exact) mass is 360 g/mol. The van der Waals surface area contributed by atoms with Crippen molar-refractivity contribution in [1.82, 2.24) is 10.2 Å². The Labute approximate surface area is 152 Å². The van der Waals surface area contributed by atoms with Gasteiger partial charge in [-0.15, -0.1) is 11.3 Å². The van der Waals surface area contributed by atoms with E-state index >= 15 is 0 Å². The molecule has 1 amide bonds. The van der Waals surface area contributed by atoms with Gasteiger partial charge in [-0.3, -0.25) is 9.59 Å². The molecule has 0 spiro atoms. The highest BCUT2D eigenvalue weighted by atomic mass is 32.1. The molecule has 0 bridgehead atoms. The average molecular weight is 360 g/mol. The largest absolute Gasteiger partial charge is 0.484 e. The van der Waals surface area contributed by atoms with Crippen LogP contribution in [0.1, 0.15) is 34.6 Å². The van der Waals surface area contributed by atoms with Crippen molar-refractivity contribution < 1.29 is 14.3 Å². The molecular weight excluding hydrogens is 336 g/mol.